The van der Waals surface area contributed by atoms with E-state index in [2.05, 4.69) is 72.2 Å². The van der Waals surface area contributed by atoms with E-state index in [0.717, 1.165) is 53.4 Å². The zero-order valence-electron chi connectivity index (χ0n) is 21.3. The fraction of sp³-hybridized carbons (Fsp3) is 0.387. The first-order chi connectivity index (χ1) is 17.5. The van der Waals surface area contributed by atoms with E-state index >= 15 is 0 Å². The predicted octanol–water partition coefficient (Wildman–Crippen LogP) is 7.16. The van der Waals surface area contributed by atoms with Crippen molar-refractivity contribution < 1.29 is 4.52 Å². The molecule has 0 N–H and O–H groups in total. The Morgan fingerprint density at radius 3 is 2.53 bits per heavy atom. The molecule has 7 rings (SSSR count). The summed E-state index contributed by atoms with van der Waals surface area (Å²) in [7, 11) is 0. The van der Waals surface area contributed by atoms with Crippen LogP contribution in [0.4, 0.5) is 5.69 Å². The molecule has 2 fully saturated rings. The van der Waals surface area contributed by atoms with Gasteiger partial charge in [-0.25, -0.2) is 0 Å². The molecule has 36 heavy (non-hydrogen) atoms. The highest BCUT2D eigenvalue weighted by atomic mass is 16.5. The fourth-order valence-corrected chi connectivity index (χ4v) is 6.29. The summed E-state index contributed by atoms with van der Waals surface area (Å²) >= 11 is 0. The molecule has 3 aromatic heterocycles. The minimum atomic E-state index is 0.297. The summed E-state index contributed by atoms with van der Waals surface area (Å²) in [4.78, 5) is 11.9. The normalized spacial score (nSPS) is 19.0. The summed E-state index contributed by atoms with van der Waals surface area (Å²) in [6, 6.07) is 13.0. The number of fused-ring (bicyclic) bond motifs is 1. The van der Waals surface area contributed by atoms with Crippen LogP contribution < -0.4 is 4.90 Å². The van der Waals surface area contributed by atoms with Crippen molar-refractivity contribution in [1.29, 1.82) is 0 Å². The quantitative estimate of drug-likeness (QED) is 0.313. The maximum atomic E-state index is 5.94. The van der Waals surface area contributed by atoms with E-state index in [0.29, 0.717) is 11.3 Å². The Hall–Kier alpha value is -3.47. The molecule has 1 saturated heterocycles. The van der Waals surface area contributed by atoms with Crippen LogP contribution in [-0.4, -0.2) is 28.2 Å². The third kappa shape index (κ3) is 3.56. The van der Waals surface area contributed by atoms with Crippen molar-refractivity contribution in [2.45, 2.75) is 58.8 Å². The lowest BCUT2D eigenvalue weighted by Crippen LogP contribution is -2.42. The second-order valence-electron chi connectivity index (χ2n) is 11.2. The number of allylic oxidation sites excluding steroid dienone is 2. The molecule has 1 aliphatic heterocycles. The topological polar surface area (TPSA) is 55.1 Å². The van der Waals surface area contributed by atoms with E-state index < -0.39 is 0 Å². The molecule has 0 atom stereocenters. The molecule has 1 spiro atoms. The van der Waals surface area contributed by atoms with Gasteiger partial charge in [-0.15, -0.1) is 0 Å². The Kier molecular flexibility index (Phi) is 4.85. The molecule has 0 unspecified atom stereocenters. The first-order valence-electron chi connectivity index (χ1n) is 13.3. The van der Waals surface area contributed by atoms with Crippen LogP contribution in [0.3, 0.4) is 0 Å². The van der Waals surface area contributed by atoms with Crippen molar-refractivity contribution in [3.63, 3.8) is 0 Å². The number of aromatic nitrogens is 3. The maximum Gasteiger partial charge on any atom is 0.147 e. The van der Waals surface area contributed by atoms with E-state index in [9.17, 15) is 0 Å². The Morgan fingerprint density at radius 2 is 1.78 bits per heavy atom. The Balaban J connectivity index is 1.14. The Labute approximate surface area is 212 Å². The van der Waals surface area contributed by atoms with Crippen LogP contribution in [0.1, 0.15) is 66.2 Å². The van der Waals surface area contributed by atoms with E-state index in [1.54, 1.807) is 0 Å². The van der Waals surface area contributed by atoms with Crippen LogP contribution in [-0.2, 0) is 0 Å². The van der Waals surface area contributed by atoms with E-state index in [4.69, 9.17) is 9.51 Å². The second-order valence-corrected chi connectivity index (χ2v) is 11.2. The molecule has 5 heteroatoms. The van der Waals surface area contributed by atoms with Gasteiger partial charge in [0.15, 0.2) is 0 Å². The number of hydrogen-bond donors (Lipinski definition) is 0. The van der Waals surface area contributed by atoms with Crippen LogP contribution in [0.2, 0.25) is 0 Å². The predicted molar refractivity (Wildman–Crippen MR) is 144 cm³/mol. The molecule has 0 radical (unpaired) electrons. The highest BCUT2D eigenvalue weighted by Crippen LogP contribution is 2.55. The molecule has 1 saturated carbocycles. The first-order valence-corrected chi connectivity index (χ1v) is 13.3. The highest BCUT2D eigenvalue weighted by molar-refractivity contribution is 5.86. The summed E-state index contributed by atoms with van der Waals surface area (Å²) in [5.74, 6) is 1.61. The van der Waals surface area contributed by atoms with Gasteiger partial charge in [0.2, 0.25) is 0 Å². The van der Waals surface area contributed by atoms with Gasteiger partial charge < -0.3 is 9.42 Å². The second kappa shape index (κ2) is 8.02. The first kappa shape index (κ1) is 21.8. The maximum absolute atomic E-state index is 5.94. The van der Waals surface area contributed by atoms with Gasteiger partial charge in [-0.2, -0.15) is 0 Å². The van der Waals surface area contributed by atoms with Gasteiger partial charge in [0, 0.05) is 42.0 Å². The number of nitrogens with zero attached hydrogens (tertiary/aromatic N) is 4. The number of anilines is 1. The van der Waals surface area contributed by atoms with Crippen LogP contribution in [0.5, 0.6) is 0 Å². The van der Waals surface area contributed by atoms with Crippen LogP contribution >= 0.6 is 0 Å². The third-order valence-corrected chi connectivity index (χ3v) is 8.50. The molecule has 1 aromatic carbocycles. The molecule has 182 valence electrons. The number of rotatable bonds is 4. The number of pyridine rings is 2. The van der Waals surface area contributed by atoms with Crippen molar-refractivity contribution in [1.82, 2.24) is 15.1 Å². The van der Waals surface area contributed by atoms with E-state index in [-0.39, 0.29) is 0 Å². The molecular formula is C31H32N4O. The lowest BCUT2D eigenvalue weighted by molar-refractivity contribution is 0.277. The SMILES string of the molecule is Cc1cc(C)c2cc(N3CCC4(C=C(c5c(-c6ncccc6C)noc5C5CC5)C4)CC3)ccc2n1. The molecule has 4 aromatic rings. The standard InChI is InChI=1S/C31H32N4O/c1-19-5-4-12-32-28(19)29-27(30(36-34-29)22-6-7-22)23-17-31(18-23)10-13-35(14-11-31)24-8-9-26-25(16-24)20(2)15-21(3)33-26/h4-5,8-9,12,15-17,22H,6-7,10-11,13-14,18H2,1-3H3. The molecular weight excluding hydrogens is 444 g/mol. The zero-order valence-corrected chi connectivity index (χ0v) is 21.3. The van der Waals surface area contributed by atoms with Crippen molar-refractivity contribution in [3.8, 4) is 11.4 Å². The van der Waals surface area contributed by atoms with Gasteiger partial charge in [-0.05, 0) is 105 Å². The summed E-state index contributed by atoms with van der Waals surface area (Å²) < 4.78 is 5.94. The van der Waals surface area contributed by atoms with Crippen LogP contribution in [0, 0.1) is 26.2 Å². The molecule has 5 nitrogen and oxygen atoms in total. The van der Waals surface area contributed by atoms with Gasteiger partial charge in [-0.1, -0.05) is 17.3 Å². The summed E-state index contributed by atoms with van der Waals surface area (Å²) in [6.45, 7) is 8.53. The minimum absolute atomic E-state index is 0.297. The van der Waals surface area contributed by atoms with Crippen molar-refractivity contribution in [2.75, 3.05) is 18.0 Å². The van der Waals surface area contributed by atoms with Gasteiger partial charge in [0.1, 0.15) is 11.5 Å². The summed E-state index contributed by atoms with van der Waals surface area (Å²) in [6.07, 6.45) is 10.3. The molecule has 0 amide bonds. The van der Waals surface area contributed by atoms with Gasteiger partial charge in [0.05, 0.1) is 16.8 Å². The highest BCUT2D eigenvalue weighted by Gasteiger charge is 2.44. The van der Waals surface area contributed by atoms with E-state index in [1.807, 2.05) is 12.3 Å². The largest absolute Gasteiger partial charge is 0.371 e. The molecule has 3 aliphatic rings. The summed E-state index contributed by atoms with van der Waals surface area (Å²) in [5.41, 5.74) is 10.8. The van der Waals surface area contributed by atoms with E-state index in [1.165, 1.54) is 53.5 Å². The number of aryl methyl sites for hydroxylation is 3. The number of benzene rings is 1. The Bertz CT molecular complexity index is 1520. The van der Waals surface area contributed by atoms with Crippen molar-refractivity contribution in [3.05, 3.63) is 76.8 Å². The van der Waals surface area contributed by atoms with Gasteiger partial charge >= 0.3 is 0 Å². The summed E-state index contributed by atoms with van der Waals surface area (Å²) in [5, 5.41) is 5.81. The Morgan fingerprint density at radius 1 is 0.972 bits per heavy atom. The van der Waals surface area contributed by atoms with Crippen LogP contribution in [0.15, 0.2) is 53.2 Å². The van der Waals surface area contributed by atoms with Crippen molar-refractivity contribution in [2.24, 2.45) is 5.41 Å². The molecule has 4 heterocycles. The average Bonchev–Trinajstić information content (AvgIpc) is 3.61. The van der Waals surface area contributed by atoms with Gasteiger partial charge in [-0.3, -0.25) is 9.97 Å². The zero-order chi connectivity index (χ0) is 24.4. The molecule has 0 bridgehead atoms. The smallest absolute Gasteiger partial charge is 0.147 e. The van der Waals surface area contributed by atoms with Crippen molar-refractivity contribution >= 4 is 22.2 Å². The number of piperidine rings is 1. The van der Waals surface area contributed by atoms with Gasteiger partial charge in [0.25, 0.3) is 0 Å². The monoisotopic (exact) mass is 476 g/mol. The molecule has 2 aliphatic carbocycles. The minimum Gasteiger partial charge on any atom is -0.371 e. The lowest BCUT2D eigenvalue weighted by atomic mass is 9.63. The lowest BCUT2D eigenvalue weighted by Gasteiger charge is -2.47. The average molecular weight is 477 g/mol. The third-order valence-electron chi connectivity index (χ3n) is 8.50. The van der Waals surface area contributed by atoms with Crippen LogP contribution in [0.25, 0.3) is 27.9 Å². The fourth-order valence-electron chi connectivity index (χ4n) is 6.29. The number of hydrogen-bond acceptors (Lipinski definition) is 5.